The van der Waals surface area contributed by atoms with E-state index in [1.165, 1.54) is 0 Å². The lowest BCUT2D eigenvalue weighted by molar-refractivity contribution is -0.486. The fourth-order valence-electron chi connectivity index (χ4n) is 9.02. The van der Waals surface area contributed by atoms with Gasteiger partial charge in [0, 0.05) is 147 Å². The Hall–Kier alpha value is -10.9. The number of aliphatic imine (C=N–C) groups is 2. The van der Waals surface area contributed by atoms with Crippen molar-refractivity contribution in [2.75, 3.05) is 108 Å². The maximum Gasteiger partial charge on any atom is 0.276 e. The van der Waals surface area contributed by atoms with Crippen LogP contribution in [0.25, 0.3) is 0 Å². The van der Waals surface area contributed by atoms with Crippen molar-refractivity contribution in [1.82, 2.24) is 84.6 Å². The molecule has 2 saturated heterocycles. The van der Waals surface area contributed by atoms with Gasteiger partial charge in [-0.1, -0.05) is 99.9 Å². The smallest absolute Gasteiger partial charge is 0.276 e. The number of halogens is 6. The van der Waals surface area contributed by atoms with Crippen molar-refractivity contribution in [2.24, 2.45) is 20.2 Å². The summed E-state index contributed by atoms with van der Waals surface area (Å²) in [6, 6.07) is 21.2. The van der Waals surface area contributed by atoms with E-state index in [4.69, 9.17) is 80.1 Å². The Balaban J connectivity index is 0.000000325. The maximum atomic E-state index is 10.7. The van der Waals surface area contributed by atoms with Crippen molar-refractivity contribution >= 4 is 99.0 Å². The van der Waals surface area contributed by atoms with Crippen molar-refractivity contribution in [3.05, 3.63) is 233 Å². The Bertz CT molecular complexity index is 3980. The van der Waals surface area contributed by atoms with E-state index < -0.39 is 19.9 Å². The first-order valence-electron chi connectivity index (χ1n) is 30.5. The molecule has 0 aliphatic carbocycles. The van der Waals surface area contributed by atoms with E-state index in [1.54, 1.807) is 159 Å². The Morgan fingerprint density at radius 1 is 0.596 bits per heavy atom. The highest BCUT2D eigenvalue weighted by Gasteiger charge is 2.28. The van der Waals surface area contributed by atoms with Crippen LogP contribution in [0.3, 0.4) is 0 Å². The van der Waals surface area contributed by atoms with Gasteiger partial charge in [0.15, 0.2) is 21.7 Å². The minimum atomic E-state index is -0.716. The average Bonchev–Trinajstić information content (AvgIpc) is 1.32. The van der Waals surface area contributed by atoms with Gasteiger partial charge in [-0.15, -0.1) is 4.99 Å². The van der Waals surface area contributed by atoms with Crippen molar-refractivity contribution in [3.63, 3.8) is 0 Å². The van der Waals surface area contributed by atoms with Crippen molar-refractivity contribution in [2.45, 2.75) is 46.6 Å². The van der Waals surface area contributed by atoms with Crippen LogP contribution in [0.1, 0.15) is 41.7 Å². The summed E-state index contributed by atoms with van der Waals surface area (Å²) in [5, 5.41) is 72.8. The van der Waals surface area contributed by atoms with Crippen molar-refractivity contribution in [1.29, 1.82) is 10.5 Å². The molecule has 42 heteroatoms. The standard InChI is InChI=1S/C11H15ClN6O2.C11H14ClN5.C11H15ClN4O2.C10H14ClN5O2.C10H11ClN4.C9H9ClN4O2/c1-15-7-16(2)11(14-18(19)20)17(8-15)6-9-3-4-10(12)13-5-9;1-16(2)11(15-8-13)17(3)7-9-4-5-10(12)14-6-9;1-3-15(11(13-2)8-16(17)18)7-9-4-5-10(12)14-6-9;1-14(2)10(13-16(17)18)15(3)7-8-4-5-9(11)12-6-8;1-8(14-7-12)15(2)6-9-3-4-10(11)13-5-9;10-8-2-1-7(5-12-8)13-4-3-11-9(13)6-14(15)16/h3-5H,6-8H2,1-2H3;4-6H,7H2,1-3H3;4-6,8,13H,3,7H2,1-2H3;4-6H,7H2,1-3H3;3-5H,6H2,1-2H3;1-2,5-6,11H,3-4H2/b14-11+;;11-8+;13-10+;;9-6+. The second kappa shape index (κ2) is 45.9. The Morgan fingerprint density at radius 3 is 1.40 bits per heavy atom. The number of aromatic nitrogens is 6. The monoisotopic (exact) mass is 1550 g/mol. The number of rotatable bonds is 18. The molecule has 0 saturated carbocycles. The molecule has 556 valence electrons. The van der Waals surface area contributed by atoms with Gasteiger partial charge in [0.05, 0.1) is 35.1 Å². The molecule has 36 nitrogen and oxygen atoms in total. The summed E-state index contributed by atoms with van der Waals surface area (Å²) in [5.41, 5.74) is 5.54. The van der Waals surface area contributed by atoms with Crippen LogP contribution in [0.5, 0.6) is 0 Å². The SMILES string of the molecule is CC(=NC#N)N(C)Cc1ccc(Cl)nc1.CCN(Cc1ccc(Cl)nc1)/C(=C/[N+](=O)[O-])NC.CN(C)/C(=N\[N+](=O)[O-])N(C)Cc1ccc(Cl)nc1.CN(C)C(=NC#N)N(C)Cc1ccc(Cl)nc1.CN1CN(C)/C(=N\[N+](=O)[O-])N(Cc2ccc(Cl)nc2)C1.O=[N+]([O-])/C=C1\NCCN1c1ccc(Cl)nc1. The summed E-state index contributed by atoms with van der Waals surface area (Å²) in [7, 11) is 17.9. The summed E-state index contributed by atoms with van der Waals surface area (Å²) in [5.74, 6) is 2.79. The van der Waals surface area contributed by atoms with Crippen LogP contribution in [-0.4, -0.2) is 221 Å². The summed E-state index contributed by atoms with van der Waals surface area (Å²) < 4.78 is 0. The summed E-state index contributed by atoms with van der Waals surface area (Å²) in [6.07, 6.45) is 15.4. The number of hydrogen-bond donors (Lipinski definition) is 2. The van der Waals surface area contributed by atoms with Crippen LogP contribution in [0.15, 0.2) is 154 Å². The third-order valence-corrected chi connectivity index (χ3v) is 14.9. The van der Waals surface area contributed by atoms with Gasteiger partial charge in [-0.2, -0.15) is 15.5 Å². The van der Waals surface area contributed by atoms with E-state index in [0.29, 0.717) is 126 Å². The van der Waals surface area contributed by atoms with Gasteiger partial charge in [-0.05, 0) is 91.2 Å². The molecule has 104 heavy (non-hydrogen) atoms. The number of hydrazone groups is 2. The summed E-state index contributed by atoms with van der Waals surface area (Å²) in [6.45, 7) is 9.56. The molecule has 0 aromatic carbocycles. The number of nitro groups is 4. The number of pyridine rings is 6. The normalized spacial score (nSPS) is 13.5. The quantitative estimate of drug-likeness (QED) is 0.0202. The number of nitrogens with one attached hydrogen (secondary N) is 2. The second-order valence-electron chi connectivity index (χ2n) is 22.2. The molecule has 2 aliphatic rings. The summed E-state index contributed by atoms with van der Waals surface area (Å²) >= 11 is 34.2. The fourth-order valence-corrected chi connectivity index (χ4v) is 9.69. The van der Waals surface area contributed by atoms with E-state index in [2.05, 4.69) is 60.7 Å². The lowest BCUT2D eigenvalue weighted by Crippen LogP contribution is -2.56. The van der Waals surface area contributed by atoms with Crippen molar-refractivity contribution < 1.29 is 19.9 Å². The third-order valence-electron chi connectivity index (χ3n) is 13.6. The molecule has 0 radical (unpaired) electrons. The topological polar surface area (TPSA) is 403 Å². The minimum Gasteiger partial charge on any atom is -0.370 e. The first-order chi connectivity index (χ1) is 49.2. The highest BCUT2D eigenvalue weighted by Crippen LogP contribution is 2.22. The van der Waals surface area contributed by atoms with E-state index in [0.717, 1.165) is 45.9 Å². The molecule has 8 heterocycles. The molecule has 2 fully saturated rings. The van der Waals surface area contributed by atoms with Gasteiger partial charge < -0.3 is 54.7 Å². The van der Waals surface area contributed by atoms with Gasteiger partial charge >= 0.3 is 0 Å². The fraction of sp³-hybridized carbons (Fsp3) is 0.355. The number of hydrogen-bond acceptors (Lipinski definition) is 23. The molecule has 6 aromatic rings. The molecule has 0 atom stereocenters. The van der Waals surface area contributed by atoms with Crippen molar-refractivity contribution in [3.8, 4) is 12.4 Å². The zero-order chi connectivity index (χ0) is 77.6. The van der Waals surface area contributed by atoms with Crippen LogP contribution >= 0.6 is 69.6 Å². The zero-order valence-corrected chi connectivity index (χ0v) is 63.3. The molecule has 6 aromatic heterocycles. The second-order valence-corrected chi connectivity index (χ2v) is 24.5. The van der Waals surface area contributed by atoms with Gasteiger partial charge in [-0.25, -0.2) is 50.1 Å². The minimum absolute atomic E-state index is 0.259. The van der Waals surface area contributed by atoms with Gasteiger partial charge in [0.2, 0.25) is 18.3 Å². The number of nitriles is 2. The summed E-state index contributed by atoms with van der Waals surface area (Å²) in [4.78, 5) is 90.3. The molecule has 0 unspecified atom stereocenters. The lowest BCUT2D eigenvalue weighted by atomic mass is 10.2. The predicted molar refractivity (Wildman–Crippen MR) is 399 cm³/mol. The maximum absolute atomic E-state index is 10.7. The average molecular weight is 1560 g/mol. The van der Waals surface area contributed by atoms with Crippen LogP contribution in [0, 0.1) is 63.4 Å². The molecule has 0 spiro atoms. The van der Waals surface area contributed by atoms with Crippen LogP contribution in [0.2, 0.25) is 30.9 Å². The Labute approximate surface area is 631 Å². The number of nitrogens with zero attached hydrogens (tertiary/aromatic N) is 26. The van der Waals surface area contributed by atoms with Crippen LogP contribution in [0.4, 0.5) is 5.69 Å². The molecule has 2 aliphatic heterocycles. The first kappa shape index (κ1) is 87.4. The first-order valence-corrected chi connectivity index (χ1v) is 32.8. The predicted octanol–water partition coefficient (Wildman–Crippen LogP) is 8.86. The molecule has 8 rings (SSSR count). The molecular formula is C62H78Cl6N28O8. The van der Waals surface area contributed by atoms with Crippen LogP contribution < -0.4 is 15.5 Å². The highest BCUT2D eigenvalue weighted by molar-refractivity contribution is 6.30. The van der Waals surface area contributed by atoms with Gasteiger partial charge in [-0.3, -0.25) is 25.1 Å². The number of anilines is 1. The lowest BCUT2D eigenvalue weighted by Gasteiger charge is -2.40. The van der Waals surface area contributed by atoms with Crippen LogP contribution in [-0.2, 0) is 32.7 Å². The van der Waals surface area contributed by atoms with E-state index in [9.17, 15) is 40.5 Å². The Morgan fingerprint density at radius 2 is 1.03 bits per heavy atom. The van der Waals surface area contributed by atoms with E-state index in [1.807, 2.05) is 97.0 Å². The largest absolute Gasteiger partial charge is 0.370 e. The molecule has 2 N–H and O–H groups in total. The van der Waals surface area contributed by atoms with E-state index in [-0.39, 0.29) is 5.96 Å². The number of guanidine groups is 3. The zero-order valence-electron chi connectivity index (χ0n) is 58.8. The number of amidine groups is 1. The van der Waals surface area contributed by atoms with Gasteiger partial charge in [0.25, 0.3) is 24.3 Å². The molecule has 0 bridgehead atoms. The highest BCUT2D eigenvalue weighted by atomic mass is 35.5. The van der Waals surface area contributed by atoms with Gasteiger partial charge in [0.1, 0.15) is 47.0 Å². The molecule has 0 amide bonds. The Kier molecular flexibility index (Phi) is 38.5. The third kappa shape index (κ3) is 33.3. The van der Waals surface area contributed by atoms with E-state index >= 15 is 0 Å². The molecular weight excluding hydrogens is 1480 g/mol.